The summed E-state index contributed by atoms with van der Waals surface area (Å²) in [6.45, 7) is 11.6. The van der Waals surface area contributed by atoms with E-state index in [0.717, 1.165) is 47.1 Å². The van der Waals surface area contributed by atoms with Gasteiger partial charge >= 0.3 is 0 Å². The number of fused-ring (bicyclic) bond motifs is 1. The molecule has 0 saturated heterocycles. The number of hydrogen-bond acceptors (Lipinski definition) is 3. The highest BCUT2D eigenvalue weighted by atomic mass is 79.9. The molecule has 0 atom stereocenters. The summed E-state index contributed by atoms with van der Waals surface area (Å²) in [4.78, 5) is 11.7. The van der Waals surface area contributed by atoms with Crippen LogP contribution >= 0.6 is 15.9 Å². The van der Waals surface area contributed by atoms with E-state index < -0.39 is 0 Å². The second-order valence-corrected chi connectivity index (χ2v) is 6.05. The Morgan fingerprint density at radius 3 is 2.40 bits per heavy atom. The molecule has 2 heterocycles. The normalized spacial score (nSPS) is 11.7. The lowest BCUT2D eigenvalue weighted by Gasteiger charge is -2.19. The van der Waals surface area contributed by atoms with Crippen LogP contribution in [0.15, 0.2) is 10.7 Å². The average molecular weight is 339 g/mol. The molecule has 2 aromatic heterocycles. The van der Waals surface area contributed by atoms with Gasteiger partial charge in [-0.25, -0.2) is 9.97 Å². The number of imidazole rings is 1. The first-order chi connectivity index (χ1) is 9.56. The summed E-state index contributed by atoms with van der Waals surface area (Å²) in [5.74, 6) is 0.789. The van der Waals surface area contributed by atoms with E-state index in [2.05, 4.69) is 57.1 Å². The van der Waals surface area contributed by atoms with E-state index in [0.29, 0.717) is 0 Å². The highest BCUT2D eigenvalue weighted by molar-refractivity contribution is 9.10. The van der Waals surface area contributed by atoms with Gasteiger partial charge in [0, 0.05) is 17.9 Å². The van der Waals surface area contributed by atoms with Crippen LogP contribution in [0.25, 0.3) is 5.78 Å². The van der Waals surface area contributed by atoms with Gasteiger partial charge in [-0.05, 0) is 61.8 Å². The molecular weight excluding hydrogens is 316 g/mol. The van der Waals surface area contributed by atoms with Gasteiger partial charge in [0.2, 0.25) is 5.78 Å². The molecule has 0 aliphatic heterocycles. The lowest BCUT2D eigenvalue weighted by Crippen LogP contribution is -2.25. The molecule has 0 amide bonds. The molecule has 0 fully saturated rings. The predicted octanol–water partition coefficient (Wildman–Crippen LogP) is 3.73. The SMILES string of the molecule is CCCN(CCC)Cc1nc2nc(C)cc(C)n2c1Br. The Balaban J connectivity index is 2.35. The quantitative estimate of drug-likeness (QED) is 0.804. The van der Waals surface area contributed by atoms with E-state index in [-0.39, 0.29) is 0 Å². The van der Waals surface area contributed by atoms with E-state index in [1.807, 2.05) is 6.92 Å². The van der Waals surface area contributed by atoms with Crippen molar-refractivity contribution in [2.45, 2.75) is 47.1 Å². The maximum atomic E-state index is 4.70. The van der Waals surface area contributed by atoms with Crippen molar-refractivity contribution in [2.75, 3.05) is 13.1 Å². The smallest absolute Gasteiger partial charge is 0.235 e. The molecule has 2 rings (SSSR count). The number of hydrogen-bond donors (Lipinski definition) is 0. The van der Waals surface area contributed by atoms with Crippen molar-refractivity contribution in [1.82, 2.24) is 19.3 Å². The summed E-state index contributed by atoms with van der Waals surface area (Å²) in [7, 11) is 0. The van der Waals surface area contributed by atoms with Gasteiger partial charge in [0.15, 0.2) is 0 Å². The largest absolute Gasteiger partial charge is 0.297 e. The van der Waals surface area contributed by atoms with E-state index in [9.17, 15) is 0 Å². The van der Waals surface area contributed by atoms with Crippen molar-refractivity contribution in [2.24, 2.45) is 0 Å². The Bertz CT molecular complexity index is 585. The maximum Gasteiger partial charge on any atom is 0.235 e. The maximum absolute atomic E-state index is 4.70. The van der Waals surface area contributed by atoms with Gasteiger partial charge in [-0.1, -0.05) is 13.8 Å². The van der Waals surface area contributed by atoms with Crippen LogP contribution in [0.3, 0.4) is 0 Å². The van der Waals surface area contributed by atoms with Crippen molar-refractivity contribution in [3.05, 3.63) is 27.8 Å². The van der Waals surface area contributed by atoms with E-state index in [1.165, 1.54) is 12.8 Å². The van der Waals surface area contributed by atoms with E-state index in [4.69, 9.17) is 4.98 Å². The number of aromatic nitrogens is 3. The minimum atomic E-state index is 0.789. The van der Waals surface area contributed by atoms with Gasteiger partial charge in [-0.15, -0.1) is 0 Å². The second kappa shape index (κ2) is 6.68. The highest BCUT2D eigenvalue weighted by Gasteiger charge is 2.15. The molecule has 0 aromatic carbocycles. The van der Waals surface area contributed by atoms with Crippen molar-refractivity contribution in [1.29, 1.82) is 0 Å². The number of aryl methyl sites for hydroxylation is 2. The first-order valence-electron chi connectivity index (χ1n) is 7.30. The van der Waals surface area contributed by atoms with Gasteiger partial charge < -0.3 is 0 Å². The molecular formula is C15H23BrN4. The van der Waals surface area contributed by atoms with Crippen LogP contribution in [0, 0.1) is 13.8 Å². The lowest BCUT2D eigenvalue weighted by atomic mass is 10.3. The van der Waals surface area contributed by atoms with Crippen LogP contribution in [0.4, 0.5) is 0 Å². The molecule has 0 saturated carbocycles. The van der Waals surface area contributed by atoms with Crippen molar-refractivity contribution in [3.63, 3.8) is 0 Å². The van der Waals surface area contributed by atoms with Gasteiger partial charge in [0.25, 0.3) is 0 Å². The third-order valence-corrected chi connectivity index (χ3v) is 4.18. The molecule has 110 valence electrons. The van der Waals surface area contributed by atoms with Crippen LogP contribution in [0.5, 0.6) is 0 Å². The van der Waals surface area contributed by atoms with Crippen molar-refractivity contribution in [3.8, 4) is 0 Å². The van der Waals surface area contributed by atoms with Gasteiger partial charge in [-0.2, -0.15) is 0 Å². The fraction of sp³-hybridized carbons (Fsp3) is 0.600. The fourth-order valence-corrected chi connectivity index (χ4v) is 3.25. The summed E-state index contributed by atoms with van der Waals surface area (Å²) in [6.07, 6.45) is 2.34. The molecule has 0 bridgehead atoms. The molecule has 5 heteroatoms. The van der Waals surface area contributed by atoms with Crippen molar-refractivity contribution < 1.29 is 0 Å². The molecule has 0 aliphatic rings. The summed E-state index contributed by atoms with van der Waals surface area (Å²) >= 11 is 3.69. The third kappa shape index (κ3) is 3.20. The Morgan fingerprint density at radius 1 is 1.15 bits per heavy atom. The summed E-state index contributed by atoms with van der Waals surface area (Å²) in [5.41, 5.74) is 3.25. The topological polar surface area (TPSA) is 33.4 Å². The molecule has 0 spiro atoms. The second-order valence-electron chi connectivity index (χ2n) is 5.30. The molecule has 0 radical (unpaired) electrons. The zero-order valence-corrected chi connectivity index (χ0v) is 14.4. The third-order valence-electron chi connectivity index (χ3n) is 3.37. The predicted molar refractivity (Wildman–Crippen MR) is 86.0 cm³/mol. The zero-order chi connectivity index (χ0) is 14.7. The first kappa shape index (κ1) is 15.4. The number of rotatable bonds is 6. The van der Waals surface area contributed by atoms with Gasteiger partial charge in [-0.3, -0.25) is 9.30 Å². The number of halogens is 1. The van der Waals surface area contributed by atoms with Crippen molar-refractivity contribution >= 4 is 21.7 Å². The summed E-state index contributed by atoms with van der Waals surface area (Å²) in [5, 5.41) is 0. The minimum absolute atomic E-state index is 0.789. The summed E-state index contributed by atoms with van der Waals surface area (Å²) in [6, 6.07) is 2.08. The Kier molecular flexibility index (Phi) is 5.16. The molecule has 4 nitrogen and oxygen atoms in total. The standard InChI is InChI=1S/C15H23BrN4/c1-5-7-19(8-6-2)10-13-14(16)20-12(4)9-11(3)17-15(20)18-13/h9H,5-8,10H2,1-4H3. The minimum Gasteiger partial charge on any atom is -0.297 e. The first-order valence-corrected chi connectivity index (χ1v) is 8.09. The number of nitrogens with zero attached hydrogens (tertiary/aromatic N) is 4. The van der Waals surface area contributed by atoms with E-state index in [1.54, 1.807) is 0 Å². The van der Waals surface area contributed by atoms with Crippen LogP contribution in [-0.2, 0) is 6.54 Å². The fourth-order valence-electron chi connectivity index (χ4n) is 2.59. The Morgan fingerprint density at radius 2 is 1.80 bits per heavy atom. The molecule has 2 aromatic rings. The van der Waals surface area contributed by atoms with E-state index >= 15 is 0 Å². The van der Waals surface area contributed by atoms with Crippen LogP contribution < -0.4 is 0 Å². The highest BCUT2D eigenvalue weighted by Crippen LogP contribution is 2.22. The summed E-state index contributed by atoms with van der Waals surface area (Å²) < 4.78 is 3.12. The van der Waals surface area contributed by atoms with Crippen LogP contribution in [0.2, 0.25) is 0 Å². The molecule has 20 heavy (non-hydrogen) atoms. The zero-order valence-electron chi connectivity index (χ0n) is 12.8. The molecule has 0 aliphatic carbocycles. The van der Waals surface area contributed by atoms with Crippen LogP contribution in [-0.4, -0.2) is 32.4 Å². The molecule has 0 N–H and O–H groups in total. The Hall–Kier alpha value is -0.940. The lowest BCUT2D eigenvalue weighted by molar-refractivity contribution is 0.263. The van der Waals surface area contributed by atoms with Gasteiger partial charge in [0.05, 0.1) is 5.69 Å². The van der Waals surface area contributed by atoms with Crippen LogP contribution in [0.1, 0.15) is 43.8 Å². The Labute approximate surface area is 129 Å². The molecule has 0 unspecified atom stereocenters. The van der Waals surface area contributed by atoms with Gasteiger partial charge in [0.1, 0.15) is 4.60 Å². The monoisotopic (exact) mass is 338 g/mol. The average Bonchev–Trinajstić information content (AvgIpc) is 2.66.